The van der Waals surface area contributed by atoms with E-state index in [1.54, 1.807) is 0 Å². The summed E-state index contributed by atoms with van der Waals surface area (Å²) in [5.41, 5.74) is 9.22. The Morgan fingerprint density at radius 2 is 1.04 bits per heavy atom. The van der Waals surface area contributed by atoms with E-state index in [2.05, 4.69) is 34.5 Å². The first-order chi connectivity index (χ1) is 33.6. The van der Waals surface area contributed by atoms with E-state index in [0.29, 0.717) is 18.5 Å². The molecule has 0 aliphatic carbocycles. The molecule has 0 aromatic heterocycles. The fourth-order valence-corrected chi connectivity index (χ4v) is 9.30. The van der Waals surface area contributed by atoms with Gasteiger partial charge in [-0.1, -0.05) is 237 Å². The summed E-state index contributed by atoms with van der Waals surface area (Å²) < 4.78 is 11.7. The SMILES string of the molecule is CCCCCCCCCCCCCCCCCCCCCCCCCC(=O)N[C@@H](CO[C@H]1O[C@H](CNC(=O)c2ccc(N=[N+]=[N-])cc2)[C@H](O)[C@H](O)[C@H]1O)[C@@H](O)[C@H](O)CCCCCCCCCCCC. The molecule has 0 bridgehead atoms. The van der Waals surface area contributed by atoms with E-state index in [-0.39, 0.29) is 31.0 Å². The van der Waals surface area contributed by atoms with Crippen LogP contribution in [0.3, 0.4) is 0 Å². The van der Waals surface area contributed by atoms with Gasteiger partial charge in [-0.3, -0.25) is 9.59 Å². The van der Waals surface area contributed by atoms with Gasteiger partial charge in [0.15, 0.2) is 6.29 Å². The van der Waals surface area contributed by atoms with Crippen LogP contribution in [0.1, 0.15) is 249 Å². The van der Waals surface area contributed by atoms with E-state index in [1.807, 2.05) is 0 Å². The highest BCUT2D eigenvalue weighted by Crippen LogP contribution is 2.24. The minimum absolute atomic E-state index is 0.248. The number of aliphatic hydroxyl groups is 5. The van der Waals surface area contributed by atoms with Gasteiger partial charge in [0, 0.05) is 29.1 Å². The summed E-state index contributed by atoms with van der Waals surface area (Å²) in [6.45, 7) is 3.89. The van der Waals surface area contributed by atoms with Crippen LogP contribution in [0.15, 0.2) is 29.4 Å². The molecule has 8 atom stereocenters. The lowest BCUT2D eigenvalue weighted by atomic mass is 9.98. The van der Waals surface area contributed by atoms with Crippen molar-refractivity contribution in [3.63, 3.8) is 0 Å². The molecule has 398 valence electrons. The molecule has 1 aromatic carbocycles. The molecule has 69 heavy (non-hydrogen) atoms. The molecule has 1 aliphatic rings. The van der Waals surface area contributed by atoms with Gasteiger partial charge in [-0.25, -0.2) is 0 Å². The van der Waals surface area contributed by atoms with Gasteiger partial charge in [-0.15, -0.1) is 0 Å². The molecule has 1 fully saturated rings. The quantitative estimate of drug-likeness (QED) is 0.0143. The third kappa shape index (κ3) is 30.0. The van der Waals surface area contributed by atoms with Crippen molar-refractivity contribution < 1.29 is 44.6 Å². The molecule has 0 saturated carbocycles. The Morgan fingerprint density at radius 3 is 1.48 bits per heavy atom. The van der Waals surface area contributed by atoms with Crippen molar-refractivity contribution in [3.8, 4) is 0 Å². The molecular weight excluding hydrogens is 875 g/mol. The van der Waals surface area contributed by atoms with Crippen LogP contribution in [0, 0.1) is 0 Å². The number of hydrogen-bond acceptors (Lipinski definition) is 10. The minimum atomic E-state index is -1.69. The Morgan fingerprint density at radius 1 is 0.623 bits per heavy atom. The second-order valence-electron chi connectivity index (χ2n) is 20.0. The summed E-state index contributed by atoms with van der Waals surface area (Å²) in [5, 5.41) is 63.7. The molecule has 1 aromatic rings. The first kappa shape index (κ1) is 62.3. The maximum atomic E-state index is 13.2. The second kappa shape index (κ2) is 41.8. The minimum Gasteiger partial charge on any atom is -0.390 e. The number of carbonyl (C=O) groups is 2. The van der Waals surface area contributed by atoms with E-state index in [9.17, 15) is 35.1 Å². The Bertz CT molecular complexity index is 1450. The van der Waals surface area contributed by atoms with Crippen molar-refractivity contribution in [1.82, 2.24) is 10.6 Å². The number of ether oxygens (including phenoxy) is 2. The molecule has 2 amide bonds. The summed E-state index contributed by atoms with van der Waals surface area (Å²) in [6, 6.07) is 4.84. The molecule has 7 N–H and O–H groups in total. The molecule has 2 rings (SSSR count). The second-order valence-corrected chi connectivity index (χ2v) is 20.0. The van der Waals surface area contributed by atoms with Crippen LogP contribution in [0.2, 0.25) is 0 Å². The maximum absolute atomic E-state index is 13.2. The third-order valence-corrected chi connectivity index (χ3v) is 13.9. The Labute approximate surface area is 417 Å². The molecule has 1 aliphatic heterocycles. The van der Waals surface area contributed by atoms with Crippen LogP contribution < -0.4 is 10.6 Å². The highest BCUT2D eigenvalue weighted by Gasteiger charge is 2.45. The van der Waals surface area contributed by atoms with Crippen LogP contribution in [0.4, 0.5) is 5.69 Å². The van der Waals surface area contributed by atoms with E-state index >= 15 is 0 Å². The van der Waals surface area contributed by atoms with E-state index in [4.69, 9.17) is 15.0 Å². The molecule has 14 heteroatoms. The number of rotatable bonds is 45. The van der Waals surface area contributed by atoms with Crippen molar-refractivity contribution in [1.29, 1.82) is 0 Å². The standard InChI is InChI=1S/C55H99N5O9/c1-3-5-7-9-11-13-15-16-17-18-19-20-21-22-23-24-25-26-27-29-31-33-35-37-49(62)58-46(50(63)47(61)36-34-32-30-28-14-12-10-8-6-4-2)43-68-55-53(66)52(65)51(64)48(69-55)42-57-54(67)44-38-40-45(41-39-44)59-60-56/h38-41,46-48,50-53,55,61,63-66H,3-37,42-43H2,1-2H3,(H,57,67)(H,58,62)/t46-,47+,48+,50+,51-,52-,53+,55-/m0/s1. The number of azide groups is 1. The molecule has 0 spiro atoms. The first-order valence-electron chi connectivity index (χ1n) is 28.0. The van der Waals surface area contributed by atoms with Crippen molar-refractivity contribution in [2.75, 3.05) is 13.2 Å². The van der Waals surface area contributed by atoms with Crippen LogP contribution in [-0.4, -0.2) is 99.5 Å². The van der Waals surface area contributed by atoms with Crippen LogP contribution in [-0.2, 0) is 14.3 Å². The van der Waals surface area contributed by atoms with Gasteiger partial charge < -0.3 is 45.6 Å². The zero-order valence-corrected chi connectivity index (χ0v) is 43.3. The van der Waals surface area contributed by atoms with Gasteiger partial charge in [0.2, 0.25) is 5.91 Å². The summed E-state index contributed by atoms with van der Waals surface area (Å²) in [4.78, 5) is 28.8. The molecule has 0 unspecified atom stereocenters. The number of hydrogen-bond donors (Lipinski definition) is 7. The monoisotopic (exact) mass is 974 g/mol. The number of aliphatic hydroxyl groups excluding tert-OH is 5. The Hall–Kier alpha value is -2.81. The van der Waals surface area contributed by atoms with Crippen molar-refractivity contribution in [2.45, 2.75) is 288 Å². The summed E-state index contributed by atoms with van der Waals surface area (Å²) in [5.74, 6) is -0.801. The highest BCUT2D eigenvalue weighted by atomic mass is 16.7. The molecule has 1 saturated heterocycles. The lowest BCUT2D eigenvalue weighted by Crippen LogP contribution is -2.61. The van der Waals surface area contributed by atoms with Gasteiger partial charge in [-0.2, -0.15) is 0 Å². The van der Waals surface area contributed by atoms with E-state index in [1.165, 1.54) is 185 Å². The smallest absolute Gasteiger partial charge is 0.251 e. The largest absolute Gasteiger partial charge is 0.390 e. The van der Waals surface area contributed by atoms with Crippen molar-refractivity contribution >= 4 is 17.5 Å². The zero-order valence-electron chi connectivity index (χ0n) is 43.3. The summed E-state index contributed by atoms with van der Waals surface area (Å²) in [6.07, 6.45) is 31.5. The van der Waals surface area contributed by atoms with Crippen LogP contribution in [0.25, 0.3) is 10.4 Å². The van der Waals surface area contributed by atoms with Gasteiger partial charge in [0.1, 0.15) is 30.5 Å². The van der Waals surface area contributed by atoms with E-state index in [0.717, 1.165) is 44.9 Å². The van der Waals surface area contributed by atoms with Gasteiger partial charge in [0.05, 0.1) is 18.8 Å². The fourth-order valence-electron chi connectivity index (χ4n) is 9.30. The lowest BCUT2D eigenvalue weighted by molar-refractivity contribution is -0.297. The van der Waals surface area contributed by atoms with E-state index < -0.39 is 54.9 Å². The number of nitrogens with one attached hydrogen (secondary N) is 2. The van der Waals surface area contributed by atoms with Gasteiger partial charge >= 0.3 is 0 Å². The number of amides is 2. The summed E-state index contributed by atoms with van der Waals surface area (Å²) in [7, 11) is 0. The normalized spacial score (nSPS) is 19.4. The first-order valence-corrected chi connectivity index (χ1v) is 28.0. The number of unbranched alkanes of at least 4 members (excludes halogenated alkanes) is 31. The fraction of sp³-hybridized carbons (Fsp3) is 0.855. The van der Waals surface area contributed by atoms with Gasteiger partial charge in [0.25, 0.3) is 5.91 Å². The van der Waals surface area contributed by atoms with Crippen LogP contribution >= 0.6 is 0 Å². The predicted molar refractivity (Wildman–Crippen MR) is 277 cm³/mol. The van der Waals surface area contributed by atoms with Gasteiger partial charge in [-0.05, 0) is 30.5 Å². The summed E-state index contributed by atoms with van der Waals surface area (Å²) >= 11 is 0. The number of carbonyl (C=O) groups excluding carboxylic acids is 2. The average Bonchev–Trinajstić information content (AvgIpc) is 3.35. The molecule has 1 heterocycles. The predicted octanol–water partition coefficient (Wildman–Crippen LogP) is 12.1. The maximum Gasteiger partial charge on any atom is 0.251 e. The molecule has 14 nitrogen and oxygen atoms in total. The van der Waals surface area contributed by atoms with Crippen molar-refractivity contribution in [3.05, 3.63) is 40.3 Å². The zero-order chi connectivity index (χ0) is 50.2. The Kier molecular flexibility index (Phi) is 37.7. The number of nitrogens with zero attached hydrogens (tertiary/aromatic N) is 3. The topological polar surface area (TPSA) is 227 Å². The number of benzene rings is 1. The Balaban J connectivity index is 1.74. The lowest BCUT2D eigenvalue weighted by Gasteiger charge is -2.41. The third-order valence-electron chi connectivity index (χ3n) is 13.9. The molecule has 0 radical (unpaired) electrons. The molecular formula is C55H99N5O9. The van der Waals surface area contributed by atoms with Crippen molar-refractivity contribution in [2.24, 2.45) is 5.11 Å². The highest BCUT2D eigenvalue weighted by molar-refractivity contribution is 5.94. The van der Waals surface area contributed by atoms with Crippen LogP contribution in [0.5, 0.6) is 0 Å². The average molecular weight is 974 g/mol.